The third kappa shape index (κ3) is 2.04. The van der Waals surface area contributed by atoms with E-state index in [1.54, 1.807) is 0 Å². The number of anilines is 1. The van der Waals surface area contributed by atoms with E-state index in [9.17, 15) is 0 Å². The van der Waals surface area contributed by atoms with Gasteiger partial charge in [0, 0.05) is 12.2 Å². The van der Waals surface area contributed by atoms with E-state index >= 15 is 0 Å². The van der Waals surface area contributed by atoms with Crippen molar-refractivity contribution < 1.29 is 0 Å². The van der Waals surface area contributed by atoms with Crippen LogP contribution in [0.2, 0.25) is 0 Å². The van der Waals surface area contributed by atoms with Crippen LogP contribution in [0.25, 0.3) is 0 Å². The highest BCUT2D eigenvalue weighted by atomic mass is 14.9. The summed E-state index contributed by atoms with van der Waals surface area (Å²) in [6, 6.07) is 6.77. The zero-order valence-corrected chi connectivity index (χ0v) is 10.2. The third-order valence-corrected chi connectivity index (χ3v) is 3.37. The average Bonchev–Trinajstić information content (AvgIpc) is 2.97. The minimum Gasteiger partial charge on any atom is -0.383 e. The fraction of sp³-hybridized carbons (Fsp3) is 0.500. The zero-order valence-electron chi connectivity index (χ0n) is 10.2. The molecule has 1 aliphatic carbocycles. The Morgan fingerprint density at radius 3 is 2.25 bits per heavy atom. The van der Waals surface area contributed by atoms with Crippen LogP contribution in [0.3, 0.4) is 0 Å². The van der Waals surface area contributed by atoms with Gasteiger partial charge in [-0.05, 0) is 44.7 Å². The Kier molecular flexibility index (Phi) is 2.63. The normalized spacial score (nSPS) is 16.6. The van der Waals surface area contributed by atoms with E-state index in [0.29, 0.717) is 0 Å². The quantitative estimate of drug-likeness (QED) is 0.837. The molecule has 0 heterocycles. The Bertz CT molecular complexity index is 427. The predicted molar refractivity (Wildman–Crippen MR) is 66.4 cm³/mol. The molecule has 84 valence electrons. The van der Waals surface area contributed by atoms with Gasteiger partial charge in [0.2, 0.25) is 0 Å². The summed E-state index contributed by atoms with van der Waals surface area (Å²) in [5, 5.41) is 12.5. The van der Waals surface area contributed by atoms with Crippen molar-refractivity contribution in [3.05, 3.63) is 28.8 Å². The highest BCUT2D eigenvalue weighted by molar-refractivity contribution is 5.58. The molecule has 0 saturated heterocycles. The van der Waals surface area contributed by atoms with Gasteiger partial charge < -0.3 is 5.32 Å². The van der Waals surface area contributed by atoms with Crippen LogP contribution in [-0.2, 0) is 0 Å². The zero-order chi connectivity index (χ0) is 11.8. The highest BCUT2D eigenvalue weighted by Gasteiger charge is 2.42. The van der Waals surface area contributed by atoms with Crippen LogP contribution in [0.4, 0.5) is 5.69 Å². The maximum absolute atomic E-state index is 9.03. The molecule has 0 aliphatic heterocycles. The summed E-state index contributed by atoms with van der Waals surface area (Å²) >= 11 is 0. The third-order valence-electron chi connectivity index (χ3n) is 3.37. The van der Waals surface area contributed by atoms with E-state index in [1.807, 2.05) is 0 Å². The summed E-state index contributed by atoms with van der Waals surface area (Å²) in [5.41, 5.74) is 4.95. The molecule has 0 bridgehead atoms. The van der Waals surface area contributed by atoms with E-state index in [1.165, 1.54) is 22.4 Å². The summed E-state index contributed by atoms with van der Waals surface area (Å²) in [5.74, 6) is 0. The molecular weight excluding hydrogens is 196 g/mol. The Morgan fingerprint density at radius 1 is 1.25 bits per heavy atom. The van der Waals surface area contributed by atoms with Gasteiger partial charge in [-0.2, -0.15) is 5.26 Å². The molecule has 0 amide bonds. The maximum atomic E-state index is 9.03. The van der Waals surface area contributed by atoms with Gasteiger partial charge in [-0.25, -0.2) is 0 Å². The van der Waals surface area contributed by atoms with Gasteiger partial charge in [-0.1, -0.05) is 17.7 Å². The lowest BCUT2D eigenvalue weighted by Gasteiger charge is -2.15. The van der Waals surface area contributed by atoms with Crippen LogP contribution in [-0.4, -0.2) is 6.54 Å². The number of benzene rings is 1. The molecule has 0 aromatic heterocycles. The van der Waals surface area contributed by atoms with E-state index in [0.717, 1.165) is 19.4 Å². The molecule has 0 atom stereocenters. The molecule has 1 aromatic carbocycles. The van der Waals surface area contributed by atoms with Crippen molar-refractivity contribution >= 4 is 5.69 Å². The number of nitrogens with zero attached hydrogens (tertiary/aromatic N) is 1. The lowest BCUT2D eigenvalue weighted by Crippen LogP contribution is -2.14. The van der Waals surface area contributed by atoms with Gasteiger partial charge in [0.15, 0.2) is 0 Å². The van der Waals surface area contributed by atoms with Gasteiger partial charge >= 0.3 is 0 Å². The molecule has 2 nitrogen and oxygen atoms in total. The Balaban J connectivity index is 2.13. The van der Waals surface area contributed by atoms with Crippen LogP contribution >= 0.6 is 0 Å². The second-order valence-electron chi connectivity index (χ2n) is 5.02. The Morgan fingerprint density at radius 2 is 1.81 bits per heavy atom. The molecular formula is C14H18N2. The SMILES string of the molecule is Cc1cc(C)c(NCC2(C#N)CC2)c(C)c1. The smallest absolute Gasteiger partial charge is 0.0747 e. The van der Waals surface area contributed by atoms with Gasteiger partial charge in [0.1, 0.15) is 0 Å². The lowest BCUT2D eigenvalue weighted by atomic mass is 10.0. The fourth-order valence-electron chi connectivity index (χ4n) is 2.20. The fourth-order valence-corrected chi connectivity index (χ4v) is 2.20. The highest BCUT2D eigenvalue weighted by Crippen LogP contribution is 2.45. The van der Waals surface area contributed by atoms with Crippen molar-refractivity contribution in [2.45, 2.75) is 33.6 Å². The van der Waals surface area contributed by atoms with Gasteiger partial charge in [0.25, 0.3) is 0 Å². The second kappa shape index (κ2) is 3.83. The molecule has 0 spiro atoms. The van der Waals surface area contributed by atoms with Crippen LogP contribution < -0.4 is 5.32 Å². The molecule has 1 N–H and O–H groups in total. The number of hydrogen-bond donors (Lipinski definition) is 1. The molecule has 0 radical (unpaired) electrons. The summed E-state index contributed by atoms with van der Waals surface area (Å²) < 4.78 is 0. The Labute approximate surface area is 97.3 Å². The molecule has 2 heteroatoms. The van der Waals surface area contributed by atoms with E-state index < -0.39 is 0 Å². The molecule has 16 heavy (non-hydrogen) atoms. The van der Waals surface area contributed by atoms with Crippen molar-refractivity contribution in [1.82, 2.24) is 0 Å². The van der Waals surface area contributed by atoms with Crippen molar-refractivity contribution in [3.8, 4) is 6.07 Å². The van der Waals surface area contributed by atoms with Crippen molar-refractivity contribution in [1.29, 1.82) is 5.26 Å². The van der Waals surface area contributed by atoms with Crippen LogP contribution in [0.5, 0.6) is 0 Å². The molecule has 2 rings (SSSR count). The van der Waals surface area contributed by atoms with Gasteiger partial charge in [-0.15, -0.1) is 0 Å². The monoisotopic (exact) mass is 214 g/mol. The first-order chi connectivity index (χ1) is 7.56. The maximum Gasteiger partial charge on any atom is 0.0747 e. The van der Waals surface area contributed by atoms with E-state index in [4.69, 9.17) is 5.26 Å². The van der Waals surface area contributed by atoms with Crippen molar-refractivity contribution in [3.63, 3.8) is 0 Å². The lowest BCUT2D eigenvalue weighted by molar-refractivity contribution is 0.710. The summed E-state index contributed by atoms with van der Waals surface area (Å²) in [4.78, 5) is 0. The molecule has 1 aromatic rings. The second-order valence-corrected chi connectivity index (χ2v) is 5.02. The number of hydrogen-bond acceptors (Lipinski definition) is 2. The first kappa shape index (κ1) is 11.0. The largest absolute Gasteiger partial charge is 0.383 e. The first-order valence-electron chi connectivity index (χ1n) is 5.79. The number of aryl methyl sites for hydroxylation is 3. The number of nitriles is 1. The summed E-state index contributed by atoms with van der Waals surface area (Å²) in [7, 11) is 0. The van der Waals surface area contributed by atoms with Crippen LogP contribution in [0, 0.1) is 37.5 Å². The molecule has 1 aliphatic rings. The number of nitrogens with one attached hydrogen (secondary N) is 1. The minimum absolute atomic E-state index is 0.0796. The first-order valence-corrected chi connectivity index (χ1v) is 5.79. The topological polar surface area (TPSA) is 35.8 Å². The number of rotatable bonds is 3. The van der Waals surface area contributed by atoms with Crippen molar-refractivity contribution in [2.75, 3.05) is 11.9 Å². The summed E-state index contributed by atoms with van der Waals surface area (Å²) in [6.07, 6.45) is 2.08. The Hall–Kier alpha value is -1.49. The predicted octanol–water partition coefficient (Wildman–Crippen LogP) is 3.33. The standard InChI is InChI=1S/C14H18N2/c1-10-6-11(2)13(12(3)7-10)16-9-14(8-15)4-5-14/h6-7,16H,4-5,9H2,1-3H3. The van der Waals surface area contributed by atoms with E-state index in [2.05, 4.69) is 44.3 Å². The van der Waals surface area contributed by atoms with Gasteiger partial charge in [-0.3, -0.25) is 0 Å². The van der Waals surface area contributed by atoms with Crippen LogP contribution in [0.1, 0.15) is 29.5 Å². The molecule has 1 saturated carbocycles. The van der Waals surface area contributed by atoms with Crippen LogP contribution in [0.15, 0.2) is 12.1 Å². The summed E-state index contributed by atoms with van der Waals surface area (Å²) in [6.45, 7) is 7.14. The minimum atomic E-state index is -0.0796. The van der Waals surface area contributed by atoms with E-state index in [-0.39, 0.29) is 5.41 Å². The average molecular weight is 214 g/mol. The molecule has 0 unspecified atom stereocenters. The van der Waals surface area contributed by atoms with Crippen molar-refractivity contribution in [2.24, 2.45) is 5.41 Å². The molecule has 1 fully saturated rings. The van der Waals surface area contributed by atoms with Gasteiger partial charge in [0.05, 0.1) is 11.5 Å².